The van der Waals surface area contributed by atoms with Gasteiger partial charge in [-0.2, -0.15) is 0 Å². The zero-order valence-electron chi connectivity index (χ0n) is 30.9. The molecule has 4 aliphatic rings. The summed E-state index contributed by atoms with van der Waals surface area (Å²) >= 11 is 0. The average Bonchev–Trinajstić information content (AvgIpc) is 3.86. The van der Waals surface area contributed by atoms with E-state index in [0.717, 1.165) is 37.7 Å². The van der Waals surface area contributed by atoms with E-state index in [1.165, 1.54) is 20.8 Å². The van der Waals surface area contributed by atoms with Gasteiger partial charge in [0.05, 0.1) is 0 Å². The molecule has 288 valence electrons. The molecule has 4 heterocycles. The van der Waals surface area contributed by atoms with Gasteiger partial charge in [0.15, 0.2) is 0 Å². The van der Waals surface area contributed by atoms with Crippen molar-refractivity contribution in [2.24, 2.45) is 0 Å². The molecule has 14 heteroatoms. The highest BCUT2D eigenvalue weighted by Gasteiger charge is 2.45. The molecule has 3 N–H and O–H groups in total. The highest BCUT2D eigenvalue weighted by molar-refractivity contribution is 5.98. The van der Waals surface area contributed by atoms with Crippen LogP contribution in [0.2, 0.25) is 0 Å². The van der Waals surface area contributed by atoms with Crippen LogP contribution in [0.5, 0.6) is 0 Å². The average molecular weight is 735 g/mol. The molecule has 5 rings (SSSR count). The van der Waals surface area contributed by atoms with Gasteiger partial charge in [0.1, 0.15) is 42.9 Å². The molecule has 0 unspecified atom stereocenters. The predicted octanol–water partition coefficient (Wildman–Crippen LogP) is 1.76. The first kappa shape index (κ1) is 39.5. The molecule has 1 aromatic rings. The summed E-state index contributed by atoms with van der Waals surface area (Å²) in [6.07, 6.45) is 10.6. The molecule has 6 amide bonds. The maximum absolute atomic E-state index is 14.4. The number of allylic oxidation sites excluding steroid dienone is 1. The minimum absolute atomic E-state index is 0.128. The van der Waals surface area contributed by atoms with E-state index in [-0.39, 0.29) is 25.4 Å². The van der Waals surface area contributed by atoms with Crippen molar-refractivity contribution in [2.75, 3.05) is 26.2 Å². The minimum atomic E-state index is -1.39. The third-order valence-electron chi connectivity index (χ3n) is 10.6. The van der Waals surface area contributed by atoms with Gasteiger partial charge >= 0.3 is 5.97 Å². The molecule has 53 heavy (non-hydrogen) atoms. The molecule has 0 saturated carbocycles. The lowest BCUT2D eigenvalue weighted by atomic mass is 9.99. The van der Waals surface area contributed by atoms with Crippen LogP contribution in [-0.2, 0) is 44.7 Å². The quantitative estimate of drug-likeness (QED) is 0.185. The van der Waals surface area contributed by atoms with Gasteiger partial charge in [0.2, 0.25) is 35.4 Å². The van der Waals surface area contributed by atoms with E-state index in [1.54, 1.807) is 13.0 Å². The zero-order valence-corrected chi connectivity index (χ0v) is 30.9. The lowest BCUT2D eigenvalue weighted by Gasteiger charge is -2.39. The largest absolute Gasteiger partial charge is 0.461 e. The first-order valence-electron chi connectivity index (χ1n) is 19.3. The normalized spacial score (nSPS) is 26.4. The summed E-state index contributed by atoms with van der Waals surface area (Å²) in [5.41, 5.74) is 0.779. The molecule has 0 aliphatic carbocycles. The second-order valence-electron chi connectivity index (χ2n) is 14.5. The van der Waals surface area contributed by atoms with Gasteiger partial charge in [-0.1, -0.05) is 56.2 Å². The lowest BCUT2D eigenvalue weighted by Crippen LogP contribution is -2.62. The number of unbranched alkanes of at least 4 members (excludes halogenated alkanes) is 3. The van der Waals surface area contributed by atoms with Crippen LogP contribution in [0, 0.1) is 0 Å². The Labute approximate surface area is 311 Å². The van der Waals surface area contributed by atoms with Crippen molar-refractivity contribution in [3.63, 3.8) is 0 Å². The van der Waals surface area contributed by atoms with Gasteiger partial charge in [-0.15, -0.1) is 0 Å². The molecule has 0 spiro atoms. The number of cyclic esters (lactones) is 1. The maximum atomic E-state index is 14.4. The number of hydrogen-bond acceptors (Lipinski definition) is 8. The fourth-order valence-corrected chi connectivity index (χ4v) is 7.73. The van der Waals surface area contributed by atoms with Crippen LogP contribution in [-0.4, -0.2) is 119 Å². The van der Waals surface area contributed by atoms with Gasteiger partial charge < -0.3 is 35.4 Å². The van der Waals surface area contributed by atoms with E-state index in [4.69, 9.17) is 4.74 Å². The number of carbonyl (C=O) groups excluding carboxylic acids is 7. The number of hydrogen-bond donors (Lipinski definition) is 3. The molecule has 0 radical (unpaired) electrons. The number of carbonyl (C=O) groups is 7. The Balaban J connectivity index is 1.43. The molecule has 4 fully saturated rings. The van der Waals surface area contributed by atoms with Crippen LogP contribution < -0.4 is 16.0 Å². The van der Waals surface area contributed by atoms with Crippen molar-refractivity contribution in [3.8, 4) is 0 Å². The summed E-state index contributed by atoms with van der Waals surface area (Å²) < 4.78 is 5.69. The molecule has 4 saturated heterocycles. The predicted molar refractivity (Wildman–Crippen MR) is 195 cm³/mol. The molecule has 0 bridgehead atoms. The molecular formula is C39H54N6O8. The number of amides is 6. The second-order valence-corrected chi connectivity index (χ2v) is 14.5. The molecular weight excluding hydrogens is 680 g/mol. The third-order valence-corrected chi connectivity index (χ3v) is 10.6. The van der Waals surface area contributed by atoms with Gasteiger partial charge in [-0.3, -0.25) is 28.8 Å². The first-order chi connectivity index (χ1) is 25.6. The van der Waals surface area contributed by atoms with Gasteiger partial charge in [-0.05, 0) is 76.4 Å². The Bertz CT molecular complexity index is 1530. The number of nitrogens with zero attached hydrogens (tertiary/aromatic N) is 3. The Morgan fingerprint density at radius 3 is 2.25 bits per heavy atom. The minimum Gasteiger partial charge on any atom is -0.461 e. The number of piperidine rings is 1. The van der Waals surface area contributed by atoms with E-state index >= 15 is 0 Å². The maximum Gasteiger partial charge on any atom is 0.328 e. The van der Waals surface area contributed by atoms with E-state index in [0.29, 0.717) is 45.1 Å². The molecule has 14 nitrogen and oxygen atoms in total. The number of rotatable bonds is 10. The summed E-state index contributed by atoms with van der Waals surface area (Å²) in [6.45, 7) is 3.97. The van der Waals surface area contributed by atoms with Gasteiger partial charge in [0, 0.05) is 26.1 Å². The third kappa shape index (κ3) is 10.0. The second kappa shape index (κ2) is 18.8. The number of benzene rings is 1. The van der Waals surface area contributed by atoms with Crippen molar-refractivity contribution in [1.82, 2.24) is 30.7 Å². The summed E-state index contributed by atoms with van der Waals surface area (Å²) in [6, 6.07) is 3.10. The van der Waals surface area contributed by atoms with E-state index in [1.807, 2.05) is 30.3 Å². The van der Waals surface area contributed by atoms with Crippen LogP contribution in [0.1, 0.15) is 90.0 Å². The van der Waals surface area contributed by atoms with Crippen LogP contribution in [0.3, 0.4) is 0 Å². The number of ether oxygens (including phenoxy) is 1. The van der Waals surface area contributed by atoms with E-state index in [2.05, 4.69) is 22.9 Å². The topological polar surface area (TPSA) is 175 Å². The van der Waals surface area contributed by atoms with Crippen LogP contribution in [0.25, 0.3) is 0 Å². The summed E-state index contributed by atoms with van der Waals surface area (Å²) in [5.74, 6) is -3.73. The fourth-order valence-electron chi connectivity index (χ4n) is 7.73. The Morgan fingerprint density at radius 1 is 0.849 bits per heavy atom. The summed E-state index contributed by atoms with van der Waals surface area (Å²) in [4.78, 5) is 101. The van der Waals surface area contributed by atoms with Gasteiger partial charge in [0.25, 0.3) is 0 Å². The van der Waals surface area contributed by atoms with Crippen LogP contribution >= 0.6 is 0 Å². The van der Waals surface area contributed by atoms with Crippen LogP contribution in [0.4, 0.5) is 0 Å². The lowest BCUT2D eigenvalue weighted by molar-refractivity contribution is -0.158. The van der Waals surface area contributed by atoms with Gasteiger partial charge in [-0.25, -0.2) is 4.79 Å². The Kier molecular flexibility index (Phi) is 14.0. The van der Waals surface area contributed by atoms with Crippen molar-refractivity contribution in [1.29, 1.82) is 0 Å². The number of nitrogens with one attached hydrogen (secondary N) is 3. The molecule has 1 aromatic carbocycles. The molecule has 0 aromatic heterocycles. The van der Waals surface area contributed by atoms with E-state index < -0.39 is 78.4 Å². The van der Waals surface area contributed by atoms with Crippen molar-refractivity contribution >= 4 is 41.4 Å². The SMILES string of the molecule is CCCCC/C=C/C(=O)N[C@@H](Cc1ccccc1)C(=O)N[C@H]1COC(=O)[C@@H]2CCCN2C(=O)[C@H](C)NC(=O)[C@@H]2CCCCN2C(=O)[C@@H]2CCCN2C1=O. The summed E-state index contributed by atoms with van der Waals surface area (Å²) in [5, 5.41) is 8.31. The fraction of sp³-hybridized carbons (Fsp3) is 0.615. The van der Waals surface area contributed by atoms with Crippen molar-refractivity contribution in [2.45, 2.75) is 127 Å². The Morgan fingerprint density at radius 2 is 1.51 bits per heavy atom. The molecule has 4 aliphatic heterocycles. The number of esters is 1. The first-order valence-corrected chi connectivity index (χ1v) is 19.3. The molecule has 6 atom stereocenters. The van der Waals surface area contributed by atoms with Crippen molar-refractivity contribution in [3.05, 3.63) is 48.0 Å². The Hall–Kier alpha value is -4.75. The van der Waals surface area contributed by atoms with Crippen LogP contribution in [0.15, 0.2) is 42.5 Å². The number of fused-ring (bicyclic) bond motifs is 3. The highest BCUT2D eigenvalue weighted by Crippen LogP contribution is 2.26. The summed E-state index contributed by atoms with van der Waals surface area (Å²) in [7, 11) is 0. The monoisotopic (exact) mass is 734 g/mol. The van der Waals surface area contributed by atoms with E-state index in [9.17, 15) is 33.6 Å². The zero-order chi connectivity index (χ0) is 37.9. The van der Waals surface area contributed by atoms with Crippen molar-refractivity contribution < 1.29 is 38.3 Å². The standard InChI is InChI=1S/C39H54N6O8/c1-3-4-5-6-10-20-33(46)41-28(24-27-15-8-7-9-16-27)34(47)42-29-25-53-39(52)32-19-14-23-45(32)36(49)26(2)40-35(48)30-17-11-12-21-43(30)38(51)31-18-13-22-44(31)37(29)50/h7-10,15-16,20,26,28-32H,3-6,11-14,17-19,21-25H2,1-2H3,(H,40,48)(H,41,46)(H,42,47)/b20-10+/t26-,28-,29-,30-,31-,32-/m0/s1. The smallest absolute Gasteiger partial charge is 0.328 e. The highest BCUT2D eigenvalue weighted by atomic mass is 16.5.